The second kappa shape index (κ2) is 17.8. The normalized spacial score (nSPS) is 10.3. The smallest absolute Gasteiger partial charge is 0.122 e. The molecule has 1 aromatic heterocycles. The maximum atomic E-state index is 10.5. The zero-order valence-corrected chi connectivity index (χ0v) is 23.4. The molecule has 4 N–H and O–H groups in total. The van der Waals surface area contributed by atoms with Crippen LogP contribution in [0.15, 0.2) is 29.6 Å². The molecule has 2 aromatic rings. The molecule has 6 heteroatoms. The number of rotatable bonds is 2. The van der Waals surface area contributed by atoms with Crippen molar-refractivity contribution in [2.24, 2.45) is 0 Å². The molecule has 0 spiro atoms. The zero-order chi connectivity index (χ0) is 24.1. The predicted molar refractivity (Wildman–Crippen MR) is 131 cm³/mol. The van der Waals surface area contributed by atoms with E-state index >= 15 is 0 Å². The third-order valence-electron chi connectivity index (χ3n) is 3.09. The Balaban J connectivity index is -0.000000503. The molecule has 0 amide bonds. The summed E-state index contributed by atoms with van der Waals surface area (Å²) in [5.74, 6) is 0.460. The minimum atomic E-state index is -0.167. The summed E-state index contributed by atoms with van der Waals surface area (Å²) >= 11 is 1.73. The Bertz CT molecular complexity index is 653. The number of aryl methyl sites for hydroxylation is 1. The fourth-order valence-corrected chi connectivity index (χ4v) is 2.89. The van der Waals surface area contributed by atoms with Crippen molar-refractivity contribution in [1.29, 1.82) is 0 Å². The van der Waals surface area contributed by atoms with Crippen LogP contribution in [-0.4, -0.2) is 38.7 Å². The van der Waals surface area contributed by atoms with Crippen LogP contribution in [0.4, 0.5) is 0 Å². The molecule has 0 bridgehead atoms. The Kier molecular flexibility index (Phi) is 20.1. The Morgan fingerprint density at radius 2 is 1.29 bits per heavy atom. The van der Waals surface area contributed by atoms with Gasteiger partial charge in [-0.25, -0.2) is 0 Å². The first-order valence-corrected chi connectivity index (χ1v) is 11.3. The van der Waals surface area contributed by atoms with E-state index in [0.29, 0.717) is 5.75 Å². The predicted octanol–water partition coefficient (Wildman–Crippen LogP) is 5.81. The molecule has 0 aliphatic carbocycles. The van der Waals surface area contributed by atoms with Crippen LogP contribution in [0.3, 0.4) is 0 Å². The molecule has 31 heavy (non-hydrogen) atoms. The Morgan fingerprint density at radius 1 is 0.871 bits per heavy atom. The van der Waals surface area contributed by atoms with Crippen LogP contribution in [0.2, 0.25) is 0 Å². The van der Waals surface area contributed by atoms with Crippen molar-refractivity contribution in [1.82, 2.24) is 0 Å². The van der Waals surface area contributed by atoms with E-state index in [1.165, 1.54) is 10.4 Å². The van der Waals surface area contributed by atoms with Crippen LogP contribution < -0.4 is 0 Å². The van der Waals surface area contributed by atoms with Gasteiger partial charge in [0.1, 0.15) is 5.75 Å². The average Bonchev–Trinajstić information content (AvgIpc) is 3.00. The summed E-state index contributed by atoms with van der Waals surface area (Å²) in [6.07, 6.45) is 0.314. The van der Waals surface area contributed by atoms with E-state index in [9.17, 15) is 5.11 Å². The monoisotopic (exact) mass is 488 g/mol. The van der Waals surface area contributed by atoms with Gasteiger partial charge in [-0.05, 0) is 76.5 Å². The van der Waals surface area contributed by atoms with E-state index in [1.807, 2.05) is 0 Å². The first-order chi connectivity index (χ1) is 13.6. The van der Waals surface area contributed by atoms with Crippen LogP contribution in [0.5, 0.6) is 5.75 Å². The third kappa shape index (κ3) is 20.9. The molecule has 0 aliphatic rings. The number of hydrogen-bond donors (Lipinski definition) is 4. The van der Waals surface area contributed by atoms with Gasteiger partial charge in [0.25, 0.3) is 0 Å². The Morgan fingerprint density at radius 3 is 1.61 bits per heavy atom. The number of phenols is 1. The van der Waals surface area contributed by atoms with Crippen molar-refractivity contribution < 1.29 is 42.1 Å². The number of aliphatic hydroxyl groups is 3. The molecule has 0 fully saturated rings. The fraction of sp³-hybridized carbons (Fsp3) is 0.600. The molecule has 178 valence electrons. The van der Waals surface area contributed by atoms with E-state index in [0.717, 1.165) is 17.5 Å². The molecule has 2 rings (SSSR count). The summed E-state index contributed by atoms with van der Waals surface area (Å²) in [5, 5.41) is 36.7. The standard InChI is InChI=1S/C16H20OS.3C3H8O.Ti/c1-11-8-12(10-13-6-5-7-18-13)15(17)14(9-11)16(2,3)4;3*1-3(2)4;/h5-9,17H,10H2,1-4H3;3*3-4H,1-2H3;. The Labute approximate surface area is 209 Å². The maximum absolute atomic E-state index is 10.5. The van der Waals surface area contributed by atoms with Gasteiger partial charge >= 0.3 is 0 Å². The first kappa shape index (κ1) is 34.9. The number of phenolic OH excluding ortho intramolecular Hbond substituents is 1. The number of aliphatic hydroxyl groups excluding tert-OH is 3. The van der Waals surface area contributed by atoms with E-state index < -0.39 is 0 Å². The minimum absolute atomic E-state index is 0. The van der Waals surface area contributed by atoms with Gasteiger partial charge in [0.05, 0.1) is 0 Å². The van der Waals surface area contributed by atoms with Gasteiger partial charge < -0.3 is 20.4 Å². The van der Waals surface area contributed by atoms with E-state index in [-0.39, 0.29) is 45.4 Å². The zero-order valence-electron chi connectivity index (χ0n) is 21.0. The van der Waals surface area contributed by atoms with Gasteiger partial charge in [0.15, 0.2) is 0 Å². The van der Waals surface area contributed by atoms with Crippen molar-refractivity contribution in [2.45, 2.75) is 99.4 Å². The Hall–Kier alpha value is -0.686. The summed E-state index contributed by atoms with van der Waals surface area (Å²) < 4.78 is 0. The second-order valence-corrected chi connectivity index (χ2v) is 10.1. The number of thiophene rings is 1. The number of aromatic hydroxyl groups is 1. The van der Waals surface area contributed by atoms with Crippen molar-refractivity contribution in [3.63, 3.8) is 0 Å². The molecular weight excluding hydrogens is 444 g/mol. The SMILES string of the molecule is CC(C)O.CC(C)O.CC(C)O.Cc1cc(Cc2cccs2)c(O)c(C(C)(C)C)c1.[Ti]. The quantitative estimate of drug-likeness (QED) is 0.402. The molecule has 4 nitrogen and oxygen atoms in total. The molecule has 0 saturated heterocycles. The van der Waals surface area contributed by atoms with Crippen LogP contribution in [0, 0.1) is 6.92 Å². The largest absolute Gasteiger partial charge is 0.507 e. The van der Waals surface area contributed by atoms with Gasteiger partial charge in [-0.15, -0.1) is 11.3 Å². The van der Waals surface area contributed by atoms with Crippen molar-refractivity contribution in [2.75, 3.05) is 0 Å². The first-order valence-electron chi connectivity index (χ1n) is 10.5. The van der Waals surface area contributed by atoms with Crippen LogP contribution in [-0.2, 0) is 33.6 Å². The van der Waals surface area contributed by atoms with Gasteiger partial charge in [0, 0.05) is 51.3 Å². The molecule has 0 unspecified atom stereocenters. The molecule has 0 aliphatic heterocycles. The summed E-state index contributed by atoms with van der Waals surface area (Å²) in [4.78, 5) is 1.29. The third-order valence-corrected chi connectivity index (χ3v) is 3.96. The summed E-state index contributed by atoms with van der Waals surface area (Å²) in [7, 11) is 0. The molecule has 0 radical (unpaired) electrons. The van der Waals surface area contributed by atoms with E-state index in [2.05, 4.69) is 57.3 Å². The molecule has 1 heterocycles. The second-order valence-electron chi connectivity index (χ2n) is 9.11. The van der Waals surface area contributed by atoms with Gasteiger partial charge in [0.2, 0.25) is 0 Å². The topological polar surface area (TPSA) is 80.9 Å². The van der Waals surface area contributed by atoms with Gasteiger partial charge in [-0.2, -0.15) is 0 Å². The van der Waals surface area contributed by atoms with Crippen LogP contribution >= 0.6 is 11.3 Å². The minimum Gasteiger partial charge on any atom is -0.507 e. The average molecular weight is 489 g/mol. The van der Waals surface area contributed by atoms with Gasteiger partial charge in [-0.3, -0.25) is 0 Å². The molecular formula is C25H44O4STi. The summed E-state index contributed by atoms with van der Waals surface area (Å²) in [5.41, 5.74) is 3.25. The molecule has 0 atom stereocenters. The van der Waals surface area contributed by atoms with Crippen LogP contribution in [0.1, 0.15) is 83.9 Å². The van der Waals surface area contributed by atoms with E-state index in [1.54, 1.807) is 52.9 Å². The van der Waals surface area contributed by atoms with Crippen molar-refractivity contribution in [3.05, 3.63) is 51.2 Å². The maximum Gasteiger partial charge on any atom is 0.122 e. The van der Waals surface area contributed by atoms with Crippen molar-refractivity contribution in [3.8, 4) is 5.75 Å². The van der Waals surface area contributed by atoms with Crippen molar-refractivity contribution >= 4 is 11.3 Å². The summed E-state index contributed by atoms with van der Waals surface area (Å²) in [6.45, 7) is 18.8. The number of hydrogen-bond acceptors (Lipinski definition) is 5. The van der Waals surface area contributed by atoms with Gasteiger partial charge in [-0.1, -0.05) is 44.5 Å². The molecule has 0 saturated carbocycles. The van der Waals surface area contributed by atoms with Crippen LogP contribution in [0.25, 0.3) is 0 Å². The van der Waals surface area contributed by atoms with E-state index in [4.69, 9.17) is 15.3 Å². The number of benzene rings is 1. The fourth-order valence-electron chi connectivity index (χ4n) is 2.16. The summed E-state index contributed by atoms with van der Waals surface area (Å²) in [6, 6.07) is 8.35. The molecule has 1 aromatic carbocycles.